The van der Waals surface area contributed by atoms with E-state index in [0.717, 1.165) is 11.9 Å². The molecule has 0 bridgehead atoms. The summed E-state index contributed by atoms with van der Waals surface area (Å²) in [6, 6.07) is 12.7. The van der Waals surface area contributed by atoms with Gasteiger partial charge in [0.25, 0.3) is 0 Å². The quantitative estimate of drug-likeness (QED) is 0.731. The fourth-order valence-electron chi connectivity index (χ4n) is 3.05. The molecule has 2 aromatic rings. The van der Waals surface area contributed by atoms with Crippen LogP contribution in [0.2, 0.25) is 0 Å². The third kappa shape index (κ3) is 2.44. The predicted octanol–water partition coefficient (Wildman–Crippen LogP) is 4.73. The molecular weight excluding hydrogens is 286 g/mol. The molecule has 0 aliphatic heterocycles. The van der Waals surface area contributed by atoms with Crippen molar-refractivity contribution in [3.05, 3.63) is 42.1 Å². The van der Waals surface area contributed by atoms with E-state index in [2.05, 4.69) is 59.3 Å². The van der Waals surface area contributed by atoms with E-state index in [-0.39, 0.29) is 0 Å². The van der Waals surface area contributed by atoms with Crippen LogP contribution in [0.25, 0.3) is 10.9 Å². The Labute approximate surface area is 117 Å². The minimum Gasteiger partial charge on any atom is -0.253 e. The predicted molar refractivity (Wildman–Crippen MR) is 80.1 cm³/mol. The molecule has 3 rings (SSSR count). The van der Waals surface area contributed by atoms with Crippen molar-refractivity contribution >= 4 is 26.8 Å². The minimum absolute atomic E-state index is 0.420. The summed E-state index contributed by atoms with van der Waals surface area (Å²) in [6.45, 7) is 2.39. The molecule has 1 aromatic heterocycles. The molecule has 1 nitrogen and oxygen atoms in total. The van der Waals surface area contributed by atoms with Crippen molar-refractivity contribution in [3.63, 3.8) is 0 Å². The second-order valence-corrected chi connectivity index (χ2v) is 7.12. The summed E-state index contributed by atoms with van der Waals surface area (Å²) in [7, 11) is 0. The lowest BCUT2D eigenvalue weighted by Gasteiger charge is -2.23. The van der Waals surface area contributed by atoms with E-state index in [1.54, 1.807) is 0 Å². The van der Waals surface area contributed by atoms with Crippen molar-refractivity contribution in [2.45, 2.75) is 37.4 Å². The van der Waals surface area contributed by atoms with Crippen LogP contribution in [0.15, 0.2) is 36.4 Å². The van der Waals surface area contributed by atoms with Gasteiger partial charge in [-0.3, -0.25) is 4.98 Å². The molecule has 1 aliphatic rings. The molecule has 0 spiro atoms. The van der Waals surface area contributed by atoms with Crippen molar-refractivity contribution in [3.8, 4) is 0 Å². The van der Waals surface area contributed by atoms with Crippen LogP contribution >= 0.6 is 15.9 Å². The molecule has 94 valence electrons. The van der Waals surface area contributed by atoms with Gasteiger partial charge in [0.05, 0.1) is 5.52 Å². The second-order valence-electron chi connectivity index (χ2n) is 5.82. The van der Waals surface area contributed by atoms with Crippen LogP contribution in [-0.4, -0.2) is 9.81 Å². The molecule has 2 heteroatoms. The van der Waals surface area contributed by atoms with Crippen LogP contribution < -0.4 is 0 Å². The number of hydrogen-bond acceptors (Lipinski definition) is 1. The molecule has 0 N–H and O–H groups in total. The summed E-state index contributed by atoms with van der Waals surface area (Å²) >= 11 is 3.75. The second kappa shape index (κ2) is 4.65. The fourth-order valence-corrected chi connectivity index (χ4v) is 4.06. The number of halogens is 1. The molecule has 2 unspecified atom stereocenters. The molecule has 2 atom stereocenters. The zero-order chi connectivity index (χ0) is 12.6. The van der Waals surface area contributed by atoms with Gasteiger partial charge in [-0.2, -0.15) is 0 Å². The van der Waals surface area contributed by atoms with E-state index in [0.29, 0.717) is 10.2 Å². The van der Waals surface area contributed by atoms with Gasteiger partial charge in [0, 0.05) is 15.9 Å². The van der Waals surface area contributed by atoms with E-state index in [1.165, 1.54) is 30.3 Å². The lowest BCUT2D eigenvalue weighted by molar-refractivity contribution is 0.332. The van der Waals surface area contributed by atoms with E-state index in [9.17, 15) is 0 Å². The first-order valence-corrected chi connectivity index (χ1v) is 7.55. The molecule has 1 heterocycles. The Morgan fingerprint density at radius 2 is 2.11 bits per heavy atom. The van der Waals surface area contributed by atoms with Crippen molar-refractivity contribution < 1.29 is 0 Å². The summed E-state index contributed by atoms with van der Waals surface area (Å²) in [5.74, 6) is 0. The van der Waals surface area contributed by atoms with E-state index in [1.807, 2.05) is 0 Å². The molecule has 1 aliphatic carbocycles. The Kier molecular flexibility index (Phi) is 3.14. The van der Waals surface area contributed by atoms with Gasteiger partial charge in [-0.25, -0.2) is 0 Å². The SMILES string of the molecule is CC1(Cc2ccc3ccccc3n2)CCC(Br)C1. The third-order valence-corrected chi connectivity index (χ3v) is 4.82. The number of rotatable bonds is 2. The van der Waals surface area contributed by atoms with Gasteiger partial charge in [-0.05, 0) is 43.2 Å². The number of alkyl halides is 1. The highest BCUT2D eigenvalue weighted by molar-refractivity contribution is 9.09. The lowest BCUT2D eigenvalue weighted by Crippen LogP contribution is -2.16. The Hall–Kier alpha value is -0.890. The monoisotopic (exact) mass is 303 g/mol. The van der Waals surface area contributed by atoms with Crippen LogP contribution in [0.4, 0.5) is 0 Å². The number of benzene rings is 1. The maximum atomic E-state index is 4.79. The molecule has 0 amide bonds. The van der Waals surface area contributed by atoms with Crippen molar-refractivity contribution in [1.82, 2.24) is 4.98 Å². The highest BCUT2D eigenvalue weighted by atomic mass is 79.9. The summed E-state index contributed by atoms with van der Waals surface area (Å²) in [5, 5.41) is 1.23. The fraction of sp³-hybridized carbons (Fsp3) is 0.438. The Morgan fingerprint density at radius 3 is 2.89 bits per heavy atom. The third-order valence-electron chi connectivity index (χ3n) is 4.04. The largest absolute Gasteiger partial charge is 0.253 e. The van der Waals surface area contributed by atoms with E-state index >= 15 is 0 Å². The maximum absolute atomic E-state index is 4.79. The molecule has 1 aromatic carbocycles. The first-order valence-electron chi connectivity index (χ1n) is 6.63. The number of pyridine rings is 1. The molecule has 0 radical (unpaired) electrons. The van der Waals surface area contributed by atoms with E-state index in [4.69, 9.17) is 4.98 Å². The highest BCUT2D eigenvalue weighted by Gasteiger charge is 2.34. The van der Waals surface area contributed by atoms with Gasteiger partial charge in [-0.1, -0.05) is 47.1 Å². The van der Waals surface area contributed by atoms with Crippen LogP contribution in [0.5, 0.6) is 0 Å². The summed E-state index contributed by atoms with van der Waals surface area (Å²) < 4.78 is 0. The molecular formula is C16H18BrN. The number of fused-ring (bicyclic) bond motifs is 1. The zero-order valence-corrected chi connectivity index (χ0v) is 12.3. The van der Waals surface area contributed by atoms with Crippen molar-refractivity contribution in [1.29, 1.82) is 0 Å². The molecule has 18 heavy (non-hydrogen) atoms. The maximum Gasteiger partial charge on any atom is 0.0705 e. The topological polar surface area (TPSA) is 12.9 Å². The van der Waals surface area contributed by atoms with Crippen LogP contribution in [0.1, 0.15) is 31.9 Å². The number of para-hydroxylation sites is 1. The van der Waals surface area contributed by atoms with Gasteiger partial charge in [0.1, 0.15) is 0 Å². The summed E-state index contributed by atoms with van der Waals surface area (Å²) in [5.41, 5.74) is 2.77. The number of nitrogens with zero attached hydrogens (tertiary/aromatic N) is 1. The van der Waals surface area contributed by atoms with Gasteiger partial charge in [0.15, 0.2) is 0 Å². The molecule has 1 saturated carbocycles. The first kappa shape index (κ1) is 12.2. The zero-order valence-electron chi connectivity index (χ0n) is 10.7. The van der Waals surface area contributed by atoms with Crippen LogP contribution in [-0.2, 0) is 6.42 Å². The lowest BCUT2D eigenvalue weighted by atomic mass is 9.83. The van der Waals surface area contributed by atoms with Crippen molar-refractivity contribution in [2.24, 2.45) is 5.41 Å². The van der Waals surface area contributed by atoms with Crippen LogP contribution in [0, 0.1) is 5.41 Å². The average molecular weight is 304 g/mol. The number of aromatic nitrogens is 1. The average Bonchev–Trinajstić information content (AvgIpc) is 2.69. The van der Waals surface area contributed by atoms with Gasteiger partial charge >= 0.3 is 0 Å². The highest BCUT2D eigenvalue weighted by Crippen LogP contribution is 2.43. The Bertz CT molecular complexity index is 566. The standard InChI is InChI=1S/C16H18BrN/c1-16(9-8-13(17)10-16)11-14-7-6-12-4-2-3-5-15(12)18-14/h2-7,13H,8-11H2,1H3. The van der Waals surface area contributed by atoms with E-state index < -0.39 is 0 Å². The van der Waals surface area contributed by atoms with Crippen LogP contribution in [0.3, 0.4) is 0 Å². The Balaban J connectivity index is 1.86. The van der Waals surface area contributed by atoms with Gasteiger partial charge in [-0.15, -0.1) is 0 Å². The molecule has 1 fully saturated rings. The van der Waals surface area contributed by atoms with Gasteiger partial charge < -0.3 is 0 Å². The molecule has 0 saturated heterocycles. The summed E-state index contributed by atoms with van der Waals surface area (Å²) in [4.78, 5) is 5.49. The normalized spacial score (nSPS) is 27.8. The van der Waals surface area contributed by atoms with Gasteiger partial charge in [0.2, 0.25) is 0 Å². The van der Waals surface area contributed by atoms with Crippen molar-refractivity contribution in [2.75, 3.05) is 0 Å². The summed E-state index contributed by atoms with van der Waals surface area (Å²) in [6.07, 6.45) is 4.96. The minimum atomic E-state index is 0.420. The number of hydrogen-bond donors (Lipinski definition) is 0. The smallest absolute Gasteiger partial charge is 0.0705 e. The Morgan fingerprint density at radius 1 is 1.28 bits per heavy atom. The first-order chi connectivity index (χ1) is 8.65.